The molecule has 1 aromatic heterocycles. The van der Waals surface area contributed by atoms with Gasteiger partial charge in [-0.15, -0.1) is 6.58 Å². The summed E-state index contributed by atoms with van der Waals surface area (Å²) in [6, 6.07) is 9.51. The summed E-state index contributed by atoms with van der Waals surface area (Å²) < 4.78 is 40.7. The molecule has 0 saturated carbocycles. The normalized spacial score (nSPS) is 12.1. The van der Waals surface area contributed by atoms with Crippen LogP contribution in [0.2, 0.25) is 0 Å². The molecular formula is C21H27F3N2. The topological polar surface area (TPSA) is 8.17 Å². The zero-order chi connectivity index (χ0) is 19.2. The maximum atomic E-state index is 12.9. The first-order valence-corrected chi connectivity index (χ1v) is 8.93. The molecule has 0 aliphatic carbocycles. The van der Waals surface area contributed by atoms with Crippen molar-refractivity contribution in [1.29, 1.82) is 0 Å². The van der Waals surface area contributed by atoms with Crippen LogP contribution in [0.25, 0.3) is 0 Å². The van der Waals surface area contributed by atoms with Gasteiger partial charge >= 0.3 is 6.18 Å². The largest absolute Gasteiger partial charge is 0.416 e. The lowest BCUT2D eigenvalue weighted by Crippen LogP contribution is -2.26. The molecular weight excluding hydrogens is 337 g/mol. The predicted molar refractivity (Wildman–Crippen MR) is 99.9 cm³/mol. The Morgan fingerprint density at radius 2 is 1.96 bits per heavy atom. The maximum Gasteiger partial charge on any atom is 0.416 e. The highest BCUT2D eigenvalue weighted by molar-refractivity contribution is 5.26. The minimum absolute atomic E-state index is 0.429. The highest BCUT2D eigenvalue weighted by Gasteiger charge is 2.30. The Bertz CT molecular complexity index is 701. The maximum absolute atomic E-state index is 12.9. The van der Waals surface area contributed by atoms with E-state index in [2.05, 4.69) is 25.3 Å². The molecule has 5 heteroatoms. The van der Waals surface area contributed by atoms with Crippen LogP contribution in [0.15, 0.2) is 55.3 Å². The molecule has 0 amide bonds. The Kier molecular flexibility index (Phi) is 7.09. The summed E-state index contributed by atoms with van der Waals surface area (Å²) in [5.41, 5.74) is 1.14. The van der Waals surface area contributed by atoms with Gasteiger partial charge < -0.3 is 4.57 Å². The smallest absolute Gasteiger partial charge is 0.346 e. The van der Waals surface area contributed by atoms with Crippen molar-refractivity contribution in [2.75, 3.05) is 13.1 Å². The van der Waals surface area contributed by atoms with Crippen LogP contribution in [0.3, 0.4) is 0 Å². The lowest BCUT2D eigenvalue weighted by molar-refractivity contribution is -0.137. The van der Waals surface area contributed by atoms with Gasteiger partial charge in [-0.1, -0.05) is 32.1 Å². The van der Waals surface area contributed by atoms with E-state index in [1.165, 1.54) is 12.1 Å². The van der Waals surface area contributed by atoms with E-state index in [0.29, 0.717) is 18.0 Å². The van der Waals surface area contributed by atoms with Crippen molar-refractivity contribution >= 4 is 0 Å². The highest BCUT2D eigenvalue weighted by Crippen LogP contribution is 2.29. The van der Waals surface area contributed by atoms with E-state index in [4.69, 9.17) is 0 Å². The molecule has 2 aromatic rings. The van der Waals surface area contributed by atoms with Gasteiger partial charge in [0.15, 0.2) is 0 Å². The fourth-order valence-electron chi connectivity index (χ4n) is 2.88. The number of hydrogen-bond acceptors (Lipinski definition) is 1. The molecule has 0 atom stereocenters. The van der Waals surface area contributed by atoms with Crippen molar-refractivity contribution in [1.82, 2.24) is 9.47 Å². The molecule has 1 aromatic carbocycles. The monoisotopic (exact) mass is 364 g/mol. The molecule has 0 aliphatic rings. The number of nitrogens with zero attached hydrogens (tertiary/aromatic N) is 2. The fourth-order valence-corrected chi connectivity index (χ4v) is 2.88. The minimum atomic E-state index is -4.31. The third-order valence-corrected chi connectivity index (χ3v) is 4.33. The van der Waals surface area contributed by atoms with Crippen molar-refractivity contribution in [2.45, 2.75) is 39.5 Å². The minimum Gasteiger partial charge on any atom is -0.346 e. The van der Waals surface area contributed by atoms with Gasteiger partial charge in [0, 0.05) is 31.5 Å². The van der Waals surface area contributed by atoms with Crippen molar-refractivity contribution in [3.05, 3.63) is 72.1 Å². The Labute approximate surface area is 153 Å². The summed E-state index contributed by atoms with van der Waals surface area (Å²) in [5.74, 6) is 0.624. The van der Waals surface area contributed by atoms with Gasteiger partial charge in [-0.05, 0) is 48.7 Å². The summed E-state index contributed by atoms with van der Waals surface area (Å²) in [6.45, 7) is 11.2. The Morgan fingerprint density at radius 1 is 1.19 bits per heavy atom. The molecule has 0 aliphatic heterocycles. The number of halogens is 3. The Balaban J connectivity index is 2.11. The number of hydrogen-bond donors (Lipinski definition) is 0. The molecule has 0 unspecified atom stereocenters. The van der Waals surface area contributed by atoms with Crippen LogP contribution in [0.5, 0.6) is 0 Å². The number of alkyl halides is 3. The first-order valence-electron chi connectivity index (χ1n) is 8.93. The molecule has 26 heavy (non-hydrogen) atoms. The zero-order valence-corrected chi connectivity index (χ0v) is 15.5. The molecule has 2 rings (SSSR count). The zero-order valence-electron chi connectivity index (χ0n) is 15.5. The van der Waals surface area contributed by atoms with Gasteiger partial charge in [0.2, 0.25) is 0 Å². The number of rotatable bonds is 9. The van der Waals surface area contributed by atoms with Crippen LogP contribution in [-0.2, 0) is 19.3 Å². The number of benzene rings is 1. The average molecular weight is 364 g/mol. The van der Waals surface area contributed by atoms with Gasteiger partial charge in [0.1, 0.15) is 0 Å². The van der Waals surface area contributed by atoms with E-state index in [-0.39, 0.29) is 0 Å². The second kappa shape index (κ2) is 9.08. The van der Waals surface area contributed by atoms with Gasteiger partial charge in [-0.3, -0.25) is 4.90 Å². The average Bonchev–Trinajstić information content (AvgIpc) is 2.99. The van der Waals surface area contributed by atoms with E-state index in [1.54, 1.807) is 6.07 Å². The fraction of sp³-hybridized carbons (Fsp3) is 0.429. The van der Waals surface area contributed by atoms with Crippen LogP contribution in [-0.4, -0.2) is 22.6 Å². The van der Waals surface area contributed by atoms with Crippen LogP contribution in [0.1, 0.15) is 37.1 Å². The summed E-state index contributed by atoms with van der Waals surface area (Å²) in [7, 11) is 0. The molecule has 0 fully saturated rings. The van der Waals surface area contributed by atoms with E-state index in [0.717, 1.165) is 37.8 Å². The molecule has 0 bridgehead atoms. The summed E-state index contributed by atoms with van der Waals surface area (Å²) in [6.07, 6.45) is 0.597. The molecule has 0 radical (unpaired) electrons. The van der Waals surface area contributed by atoms with Gasteiger partial charge in [-0.2, -0.15) is 13.2 Å². The lowest BCUT2D eigenvalue weighted by Gasteiger charge is -2.23. The molecule has 0 spiro atoms. The van der Waals surface area contributed by atoms with Gasteiger partial charge in [0.05, 0.1) is 5.56 Å². The molecule has 142 valence electrons. The summed E-state index contributed by atoms with van der Waals surface area (Å²) in [4.78, 5) is 2.31. The first-order chi connectivity index (χ1) is 12.3. The van der Waals surface area contributed by atoms with Crippen molar-refractivity contribution in [3.8, 4) is 0 Å². The van der Waals surface area contributed by atoms with Crippen molar-refractivity contribution in [3.63, 3.8) is 0 Å². The van der Waals surface area contributed by atoms with E-state index in [9.17, 15) is 13.2 Å². The van der Waals surface area contributed by atoms with Gasteiger partial charge in [0.25, 0.3) is 0 Å². The van der Waals surface area contributed by atoms with E-state index < -0.39 is 11.7 Å². The molecule has 1 heterocycles. The molecule has 0 N–H and O–H groups in total. The quantitative estimate of drug-likeness (QED) is 0.527. The molecule has 2 nitrogen and oxygen atoms in total. The van der Waals surface area contributed by atoms with Crippen molar-refractivity contribution in [2.24, 2.45) is 5.92 Å². The molecule has 0 saturated heterocycles. The Hall–Kier alpha value is -2.01. The predicted octanol–water partition coefficient (Wildman–Crippen LogP) is 5.59. The lowest BCUT2D eigenvalue weighted by atomic mass is 10.1. The van der Waals surface area contributed by atoms with Crippen molar-refractivity contribution < 1.29 is 13.2 Å². The SMILES string of the molecule is C=CCN(CCC(C)C)Cc1cccn1Cc1cccc(C(F)(F)F)c1. The third kappa shape index (κ3) is 6.06. The van der Waals surface area contributed by atoms with Crippen LogP contribution >= 0.6 is 0 Å². The highest BCUT2D eigenvalue weighted by atomic mass is 19.4. The second-order valence-corrected chi connectivity index (χ2v) is 7.03. The summed E-state index contributed by atoms with van der Waals surface area (Å²) >= 11 is 0. The second-order valence-electron chi connectivity index (χ2n) is 7.03. The number of aromatic nitrogens is 1. The van der Waals surface area contributed by atoms with Crippen LogP contribution < -0.4 is 0 Å². The van der Waals surface area contributed by atoms with Crippen LogP contribution in [0.4, 0.5) is 13.2 Å². The summed E-state index contributed by atoms with van der Waals surface area (Å²) in [5, 5.41) is 0. The first kappa shape index (κ1) is 20.3. The van der Waals surface area contributed by atoms with Gasteiger partial charge in [-0.25, -0.2) is 0 Å². The van der Waals surface area contributed by atoms with E-state index >= 15 is 0 Å². The standard InChI is InChI=1S/C21H27F3N2/c1-4-11-25(13-10-17(2)3)16-20-9-6-12-26(20)15-18-7-5-8-19(14-18)21(22,23)24/h4-9,12,14,17H,1,10-11,13,15-16H2,2-3H3. The van der Waals surface area contributed by atoms with E-state index in [1.807, 2.05) is 29.0 Å². The third-order valence-electron chi connectivity index (χ3n) is 4.33. The van der Waals surface area contributed by atoms with Crippen LogP contribution in [0, 0.1) is 5.92 Å². The Morgan fingerprint density at radius 3 is 2.62 bits per heavy atom.